The first-order valence-corrected chi connectivity index (χ1v) is 9.46. The van der Waals surface area contributed by atoms with Crippen LogP contribution in [0, 0.1) is 0 Å². The number of likely N-dealkylation sites (tertiary alicyclic amines) is 1. The zero-order valence-corrected chi connectivity index (χ0v) is 15.4. The summed E-state index contributed by atoms with van der Waals surface area (Å²) in [6, 6.07) is 9.64. The van der Waals surface area contributed by atoms with Crippen molar-refractivity contribution in [1.29, 1.82) is 0 Å². The summed E-state index contributed by atoms with van der Waals surface area (Å²) >= 11 is 6.10. The number of halogens is 1. The number of amides is 1. The topological polar surface area (TPSA) is 52.6 Å². The van der Waals surface area contributed by atoms with Crippen molar-refractivity contribution in [3.63, 3.8) is 0 Å². The number of anilines is 2. The third-order valence-electron chi connectivity index (χ3n) is 4.99. The smallest absolute Gasteiger partial charge is 0.272 e. The highest BCUT2D eigenvalue weighted by molar-refractivity contribution is 6.30. The van der Waals surface area contributed by atoms with Gasteiger partial charge in [0.1, 0.15) is 5.69 Å². The predicted octanol–water partition coefficient (Wildman–Crippen LogP) is 2.69. The number of nitrogens with zero attached hydrogens (tertiary/aromatic N) is 5. The van der Waals surface area contributed by atoms with E-state index in [0.717, 1.165) is 62.8 Å². The van der Waals surface area contributed by atoms with Gasteiger partial charge in [0.25, 0.3) is 5.91 Å². The van der Waals surface area contributed by atoms with Crippen LogP contribution in [0.2, 0.25) is 5.02 Å². The van der Waals surface area contributed by atoms with E-state index in [2.05, 4.69) is 25.8 Å². The SMILES string of the molecule is O=C(c1ccnc(N2CCN(c3cccc(Cl)c3)CC2)n1)N1CCCC1. The molecule has 3 heterocycles. The summed E-state index contributed by atoms with van der Waals surface area (Å²) in [6.45, 7) is 5.02. The Bertz CT molecular complexity index is 785. The van der Waals surface area contributed by atoms with Crippen molar-refractivity contribution in [3.8, 4) is 0 Å². The molecule has 0 atom stereocenters. The van der Waals surface area contributed by atoms with Crippen LogP contribution >= 0.6 is 11.6 Å². The number of carbonyl (C=O) groups is 1. The Morgan fingerprint density at radius 3 is 2.42 bits per heavy atom. The lowest BCUT2D eigenvalue weighted by molar-refractivity contribution is 0.0787. The van der Waals surface area contributed by atoms with Crippen LogP contribution in [0.25, 0.3) is 0 Å². The molecule has 1 aromatic carbocycles. The van der Waals surface area contributed by atoms with Gasteiger partial charge in [-0.2, -0.15) is 0 Å². The van der Waals surface area contributed by atoms with Gasteiger partial charge in [-0.25, -0.2) is 9.97 Å². The van der Waals surface area contributed by atoms with E-state index >= 15 is 0 Å². The molecular weight excluding hydrogens is 350 g/mol. The summed E-state index contributed by atoms with van der Waals surface area (Å²) in [5.74, 6) is 0.657. The molecule has 0 aliphatic carbocycles. The molecule has 2 aliphatic rings. The molecule has 0 radical (unpaired) electrons. The van der Waals surface area contributed by atoms with Crippen LogP contribution in [0.5, 0.6) is 0 Å². The molecule has 2 saturated heterocycles. The van der Waals surface area contributed by atoms with Gasteiger partial charge in [-0.1, -0.05) is 17.7 Å². The quantitative estimate of drug-likeness (QED) is 0.830. The van der Waals surface area contributed by atoms with E-state index in [1.54, 1.807) is 12.3 Å². The molecule has 2 aromatic rings. The lowest BCUT2D eigenvalue weighted by atomic mass is 10.2. The fourth-order valence-electron chi connectivity index (χ4n) is 3.54. The Kier molecular flexibility index (Phi) is 4.93. The molecule has 2 aliphatic heterocycles. The van der Waals surface area contributed by atoms with Crippen LogP contribution in [-0.4, -0.2) is 60.0 Å². The van der Waals surface area contributed by atoms with Gasteiger partial charge in [0, 0.05) is 56.2 Å². The minimum absolute atomic E-state index is 0.0173. The van der Waals surface area contributed by atoms with Gasteiger partial charge in [-0.05, 0) is 37.1 Å². The highest BCUT2D eigenvalue weighted by Crippen LogP contribution is 2.22. The monoisotopic (exact) mass is 371 g/mol. The Balaban J connectivity index is 1.43. The lowest BCUT2D eigenvalue weighted by Crippen LogP contribution is -2.47. The molecule has 6 nitrogen and oxygen atoms in total. The highest BCUT2D eigenvalue weighted by atomic mass is 35.5. The van der Waals surface area contributed by atoms with Crippen LogP contribution in [-0.2, 0) is 0 Å². The lowest BCUT2D eigenvalue weighted by Gasteiger charge is -2.36. The molecule has 26 heavy (non-hydrogen) atoms. The fraction of sp³-hybridized carbons (Fsp3) is 0.421. The number of benzene rings is 1. The van der Waals surface area contributed by atoms with E-state index in [-0.39, 0.29) is 5.91 Å². The Morgan fingerprint density at radius 1 is 0.962 bits per heavy atom. The van der Waals surface area contributed by atoms with Crippen molar-refractivity contribution < 1.29 is 4.79 Å². The maximum absolute atomic E-state index is 12.5. The van der Waals surface area contributed by atoms with Gasteiger partial charge in [-0.15, -0.1) is 0 Å². The number of piperazine rings is 1. The summed E-state index contributed by atoms with van der Waals surface area (Å²) in [5.41, 5.74) is 1.63. The van der Waals surface area contributed by atoms with Crippen LogP contribution in [0.1, 0.15) is 23.3 Å². The molecule has 2 fully saturated rings. The van der Waals surface area contributed by atoms with Crippen molar-refractivity contribution in [2.75, 3.05) is 49.1 Å². The molecule has 0 saturated carbocycles. The molecule has 0 bridgehead atoms. The molecule has 7 heteroatoms. The Labute approximate surface area is 158 Å². The largest absolute Gasteiger partial charge is 0.368 e. The van der Waals surface area contributed by atoms with E-state index in [0.29, 0.717) is 11.6 Å². The number of rotatable bonds is 3. The second kappa shape index (κ2) is 7.50. The molecule has 4 rings (SSSR count). The molecule has 136 valence electrons. The maximum Gasteiger partial charge on any atom is 0.272 e. The van der Waals surface area contributed by atoms with Gasteiger partial charge in [0.2, 0.25) is 5.95 Å². The second-order valence-electron chi connectivity index (χ2n) is 6.70. The second-order valence-corrected chi connectivity index (χ2v) is 7.13. The number of hydrogen-bond acceptors (Lipinski definition) is 5. The van der Waals surface area contributed by atoms with Crippen LogP contribution < -0.4 is 9.80 Å². The molecule has 0 N–H and O–H groups in total. The molecule has 1 amide bonds. The van der Waals surface area contributed by atoms with Crippen molar-refractivity contribution in [2.45, 2.75) is 12.8 Å². The molecule has 0 spiro atoms. The standard InChI is InChI=1S/C19H22ClN5O/c20-15-4-3-5-16(14-15)23-10-12-25(13-11-23)19-21-7-6-17(22-19)18(26)24-8-1-2-9-24/h3-7,14H,1-2,8-13H2. The molecular formula is C19H22ClN5O. The first-order valence-electron chi connectivity index (χ1n) is 9.08. The highest BCUT2D eigenvalue weighted by Gasteiger charge is 2.23. The third kappa shape index (κ3) is 3.60. The number of carbonyl (C=O) groups excluding carboxylic acids is 1. The van der Waals surface area contributed by atoms with E-state index in [1.807, 2.05) is 23.1 Å². The minimum Gasteiger partial charge on any atom is -0.368 e. The Morgan fingerprint density at radius 2 is 1.69 bits per heavy atom. The van der Waals surface area contributed by atoms with Crippen LogP contribution in [0.15, 0.2) is 36.5 Å². The van der Waals surface area contributed by atoms with Gasteiger partial charge >= 0.3 is 0 Å². The fourth-order valence-corrected chi connectivity index (χ4v) is 3.72. The first-order chi connectivity index (χ1) is 12.7. The summed E-state index contributed by atoms with van der Waals surface area (Å²) in [6.07, 6.45) is 3.85. The number of hydrogen-bond donors (Lipinski definition) is 0. The van der Waals surface area contributed by atoms with E-state index < -0.39 is 0 Å². The van der Waals surface area contributed by atoms with Crippen molar-refractivity contribution in [1.82, 2.24) is 14.9 Å². The normalized spacial score (nSPS) is 17.7. The van der Waals surface area contributed by atoms with E-state index in [1.165, 1.54) is 0 Å². The van der Waals surface area contributed by atoms with E-state index in [9.17, 15) is 4.79 Å². The van der Waals surface area contributed by atoms with Crippen molar-refractivity contribution in [2.24, 2.45) is 0 Å². The number of aromatic nitrogens is 2. The summed E-state index contributed by atoms with van der Waals surface area (Å²) < 4.78 is 0. The van der Waals surface area contributed by atoms with Crippen LogP contribution in [0.3, 0.4) is 0 Å². The van der Waals surface area contributed by atoms with Gasteiger partial charge < -0.3 is 14.7 Å². The molecule has 1 aromatic heterocycles. The zero-order valence-electron chi connectivity index (χ0n) is 14.6. The van der Waals surface area contributed by atoms with Gasteiger partial charge in [0.05, 0.1) is 0 Å². The maximum atomic E-state index is 12.5. The van der Waals surface area contributed by atoms with E-state index in [4.69, 9.17) is 11.6 Å². The molecule has 0 unspecified atom stereocenters. The van der Waals surface area contributed by atoms with Gasteiger partial charge in [-0.3, -0.25) is 4.79 Å². The Hall–Kier alpha value is -2.34. The average molecular weight is 372 g/mol. The minimum atomic E-state index is 0.0173. The summed E-state index contributed by atoms with van der Waals surface area (Å²) in [5, 5.41) is 0.751. The average Bonchev–Trinajstić information content (AvgIpc) is 3.22. The van der Waals surface area contributed by atoms with Crippen LogP contribution in [0.4, 0.5) is 11.6 Å². The summed E-state index contributed by atoms with van der Waals surface area (Å²) in [7, 11) is 0. The third-order valence-corrected chi connectivity index (χ3v) is 5.23. The van der Waals surface area contributed by atoms with Gasteiger partial charge in [0.15, 0.2) is 0 Å². The first kappa shape index (κ1) is 17.1. The predicted molar refractivity (Wildman–Crippen MR) is 103 cm³/mol. The van der Waals surface area contributed by atoms with Crippen molar-refractivity contribution >= 4 is 29.1 Å². The van der Waals surface area contributed by atoms with Crippen molar-refractivity contribution in [3.05, 3.63) is 47.2 Å². The summed E-state index contributed by atoms with van der Waals surface area (Å²) in [4.78, 5) is 27.8. The zero-order chi connectivity index (χ0) is 17.9.